The first-order valence-corrected chi connectivity index (χ1v) is 6.63. The van der Waals surface area contributed by atoms with Crippen LogP contribution < -0.4 is 11.5 Å². The second-order valence-electron chi connectivity index (χ2n) is 3.17. The molecule has 9 heteroatoms. The quantitative estimate of drug-likeness (QED) is 0.373. The van der Waals surface area contributed by atoms with E-state index in [1.54, 1.807) is 0 Å². The van der Waals surface area contributed by atoms with Gasteiger partial charge >= 0.3 is 10.4 Å². The Labute approximate surface area is 116 Å². The first-order chi connectivity index (χ1) is 8.68. The number of benzene rings is 1. The summed E-state index contributed by atoms with van der Waals surface area (Å²) in [6, 6.07) is 7.52. The lowest BCUT2D eigenvalue weighted by molar-refractivity contribution is 0.381. The molecule has 1 aromatic carbocycles. The minimum absolute atomic E-state index is 0.103. The predicted molar refractivity (Wildman–Crippen MR) is 75.3 cm³/mol. The Bertz CT molecular complexity index is 528. The van der Waals surface area contributed by atoms with Gasteiger partial charge in [-0.3, -0.25) is 9.11 Å². The summed E-state index contributed by atoms with van der Waals surface area (Å²) in [7, 11) is -4.67. The van der Waals surface area contributed by atoms with Gasteiger partial charge in [-0.05, 0) is 17.7 Å². The van der Waals surface area contributed by atoms with Crippen molar-refractivity contribution < 1.29 is 17.5 Å². The van der Waals surface area contributed by atoms with Gasteiger partial charge in [-0.2, -0.15) is 8.42 Å². The molecular formula is C10H14ClN3O4S. The Kier molecular flexibility index (Phi) is 7.77. The lowest BCUT2D eigenvalue weighted by atomic mass is 10.2. The van der Waals surface area contributed by atoms with E-state index in [-0.39, 0.29) is 5.96 Å². The third kappa shape index (κ3) is 14.3. The van der Waals surface area contributed by atoms with Gasteiger partial charge in [0.25, 0.3) is 0 Å². The Morgan fingerprint density at radius 3 is 2.16 bits per heavy atom. The summed E-state index contributed by atoms with van der Waals surface area (Å²) in [6.07, 6.45) is 3.81. The summed E-state index contributed by atoms with van der Waals surface area (Å²) in [5, 5.41) is 0.728. The van der Waals surface area contributed by atoms with Gasteiger partial charge in [-0.25, -0.2) is 4.99 Å². The average molecular weight is 308 g/mol. The van der Waals surface area contributed by atoms with E-state index in [1.165, 1.54) is 0 Å². The molecule has 0 aromatic heterocycles. The van der Waals surface area contributed by atoms with Gasteiger partial charge in [-0.15, -0.1) is 0 Å². The highest BCUT2D eigenvalue weighted by Gasteiger charge is 1.86. The van der Waals surface area contributed by atoms with Crippen molar-refractivity contribution in [3.63, 3.8) is 0 Å². The highest BCUT2D eigenvalue weighted by molar-refractivity contribution is 7.79. The van der Waals surface area contributed by atoms with Gasteiger partial charge in [0.1, 0.15) is 0 Å². The minimum atomic E-state index is -4.67. The summed E-state index contributed by atoms with van der Waals surface area (Å²) in [4.78, 5) is 3.82. The molecule has 0 aliphatic rings. The molecule has 0 unspecified atom stereocenters. The summed E-state index contributed by atoms with van der Waals surface area (Å²) >= 11 is 5.74. The standard InChI is InChI=1S/C10H12ClN3.H2O4S/c11-9-5-3-8(4-6-9)2-1-7-14-10(12)13;1-5(2,3)4/h1-6H,7H2,(H4,12,13,14);(H2,1,2,3,4). The Morgan fingerprint density at radius 1 is 1.26 bits per heavy atom. The third-order valence-electron chi connectivity index (χ3n) is 1.56. The van der Waals surface area contributed by atoms with Gasteiger partial charge in [0.2, 0.25) is 0 Å². The van der Waals surface area contributed by atoms with Gasteiger partial charge in [0, 0.05) is 5.02 Å². The summed E-state index contributed by atoms with van der Waals surface area (Å²) in [6.45, 7) is 0.491. The van der Waals surface area contributed by atoms with Crippen LogP contribution in [0.25, 0.3) is 6.08 Å². The number of nitrogens with zero attached hydrogens (tertiary/aromatic N) is 1. The molecule has 7 nitrogen and oxygen atoms in total. The van der Waals surface area contributed by atoms with Crippen molar-refractivity contribution in [2.45, 2.75) is 0 Å². The Hall–Kier alpha value is -1.61. The van der Waals surface area contributed by atoms with E-state index in [0.29, 0.717) is 6.54 Å². The van der Waals surface area contributed by atoms with E-state index < -0.39 is 10.4 Å². The summed E-state index contributed by atoms with van der Waals surface area (Å²) < 4.78 is 31.6. The Morgan fingerprint density at radius 2 is 1.74 bits per heavy atom. The molecule has 0 bridgehead atoms. The van der Waals surface area contributed by atoms with E-state index in [0.717, 1.165) is 10.6 Å². The zero-order valence-electron chi connectivity index (χ0n) is 9.77. The number of hydrogen-bond acceptors (Lipinski definition) is 3. The van der Waals surface area contributed by atoms with E-state index in [9.17, 15) is 0 Å². The molecule has 6 N–H and O–H groups in total. The van der Waals surface area contributed by atoms with E-state index in [2.05, 4.69) is 4.99 Å². The fourth-order valence-corrected chi connectivity index (χ4v) is 1.05. The fraction of sp³-hybridized carbons (Fsp3) is 0.100. The highest BCUT2D eigenvalue weighted by atomic mass is 35.5. The smallest absolute Gasteiger partial charge is 0.370 e. The van der Waals surface area contributed by atoms with Crippen molar-refractivity contribution in [1.29, 1.82) is 0 Å². The predicted octanol–water partition coefficient (Wildman–Crippen LogP) is 0.974. The number of guanidine groups is 1. The minimum Gasteiger partial charge on any atom is -0.370 e. The molecule has 0 saturated carbocycles. The number of rotatable bonds is 3. The van der Waals surface area contributed by atoms with Crippen LogP contribution in [0.4, 0.5) is 0 Å². The van der Waals surface area contributed by atoms with Crippen molar-refractivity contribution in [3.05, 3.63) is 40.9 Å². The molecule has 0 saturated heterocycles. The zero-order valence-corrected chi connectivity index (χ0v) is 11.3. The molecule has 1 rings (SSSR count). The topological polar surface area (TPSA) is 139 Å². The van der Waals surface area contributed by atoms with Gasteiger partial charge in [0.05, 0.1) is 6.54 Å². The van der Waals surface area contributed by atoms with Crippen molar-refractivity contribution in [1.82, 2.24) is 0 Å². The largest absolute Gasteiger partial charge is 0.394 e. The van der Waals surface area contributed by atoms with E-state index >= 15 is 0 Å². The zero-order chi connectivity index (χ0) is 14.9. The van der Waals surface area contributed by atoms with Crippen LogP contribution in [-0.2, 0) is 10.4 Å². The lowest BCUT2D eigenvalue weighted by Crippen LogP contribution is -2.22. The lowest BCUT2D eigenvalue weighted by Gasteiger charge is -1.92. The third-order valence-corrected chi connectivity index (χ3v) is 1.81. The Balaban J connectivity index is 0.000000555. The van der Waals surface area contributed by atoms with Gasteiger partial charge in [-0.1, -0.05) is 35.9 Å². The average Bonchev–Trinajstić information content (AvgIpc) is 2.24. The van der Waals surface area contributed by atoms with E-state index in [4.69, 9.17) is 40.6 Å². The van der Waals surface area contributed by atoms with Crippen molar-refractivity contribution >= 4 is 34.0 Å². The highest BCUT2D eigenvalue weighted by Crippen LogP contribution is 2.10. The molecule has 0 aliphatic carbocycles. The molecule has 19 heavy (non-hydrogen) atoms. The molecule has 0 spiro atoms. The number of aliphatic imine (C=N–C) groups is 1. The van der Waals surface area contributed by atoms with Crippen molar-refractivity contribution in [2.24, 2.45) is 16.5 Å². The second-order valence-corrected chi connectivity index (χ2v) is 4.50. The first kappa shape index (κ1) is 17.4. The SMILES string of the molecule is NC(N)=NCC=Cc1ccc(Cl)cc1.O=S(=O)(O)O. The normalized spacial score (nSPS) is 10.7. The first-order valence-electron chi connectivity index (χ1n) is 4.86. The number of nitrogens with two attached hydrogens (primary N) is 2. The van der Waals surface area contributed by atoms with Crippen molar-refractivity contribution in [2.75, 3.05) is 6.54 Å². The van der Waals surface area contributed by atoms with Crippen LogP contribution in [0.1, 0.15) is 5.56 Å². The fourth-order valence-electron chi connectivity index (χ4n) is 0.921. The molecule has 0 aliphatic heterocycles. The van der Waals surface area contributed by atoms with Crippen molar-refractivity contribution in [3.8, 4) is 0 Å². The van der Waals surface area contributed by atoms with Crippen LogP contribution in [0.5, 0.6) is 0 Å². The molecule has 106 valence electrons. The second kappa shape index (κ2) is 8.48. The molecule has 0 fully saturated rings. The molecule has 0 radical (unpaired) electrons. The maximum Gasteiger partial charge on any atom is 0.394 e. The van der Waals surface area contributed by atoms with Gasteiger partial charge in [0.15, 0.2) is 5.96 Å². The van der Waals surface area contributed by atoms with E-state index in [1.807, 2.05) is 36.4 Å². The summed E-state index contributed by atoms with van der Waals surface area (Å²) in [5.74, 6) is 0.103. The molecule has 0 heterocycles. The molecular weight excluding hydrogens is 294 g/mol. The maximum atomic E-state index is 8.74. The number of halogens is 1. The molecule has 1 aromatic rings. The summed E-state index contributed by atoms with van der Waals surface area (Å²) in [5.41, 5.74) is 11.4. The number of hydrogen-bond donors (Lipinski definition) is 4. The molecule has 0 atom stereocenters. The monoisotopic (exact) mass is 307 g/mol. The molecule has 0 amide bonds. The van der Waals surface area contributed by atoms with Crippen LogP contribution in [0.2, 0.25) is 5.02 Å². The van der Waals surface area contributed by atoms with Crippen LogP contribution in [-0.4, -0.2) is 30.0 Å². The van der Waals surface area contributed by atoms with Crippen LogP contribution in [0.3, 0.4) is 0 Å². The van der Waals surface area contributed by atoms with Crippen LogP contribution in [0.15, 0.2) is 35.3 Å². The van der Waals surface area contributed by atoms with Crippen LogP contribution >= 0.6 is 11.6 Å². The van der Waals surface area contributed by atoms with Crippen LogP contribution in [0, 0.1) is 0 Å². The van der Waals surface area contributed by atoms with Gasteiger partial charge < -0.3 is 11.5 Å². The maximum absolute atomic E-state index is 8.74.